The first-order valence-corrected chi connectivity index (χ1v) is 20.6. The molecule has 10 atom stereocenters. The Kier molecular flexibility index (Phi) is 10.5. The Morgan fingerprint density at radius 1 is 1.07 bits per heavy atom. The van der Waals surface area contributed by atoms with E-state index in [1.54, 1.807) is 7.11 Å². The maximum absolute atomic E-state index is 14.8. The van der Waals surface area contributed by atoms with Gasteiger partial charge in [0.05, 0.1) is 12.0 Å². The van der Waals surface area contributed by atoms with Gasteiger partial charge in [0.1, 0.15) is 11.9 Å². The zero-order valence-corrected chi connectivity index (χ0v) is 31.5. The van der Waals surface area contributed by atoms with Gasteiger partial charge in [-0.2, -0.15) is 0 Å². The summed E-state index contributed by atoms with van der Waals surface area (Å²) in [6.45, 7) is 24.1. The van der Waals surface area contributed by atoms with E-state index in [0.717, 1.165) is 38.6 Å². The van der Waals surface area contributed by atoms with E-state index in [0.29, 0.717) is 26.0 Å². The molecule has 4 aliphatic rings. The van der Waals surface area contributed by atoms with Crippen LogP contribution in [0.4, 0.5) is 4.79 Å². The fourth-order valence-electron chi connectivity index (χ4n) is 9.56. The number of methoxy groups -OCH3 is 1. The average Bonchev–Trinajstić information content (AvgIpc) is 3.34. The molecule has 0 spiro atoms. The average molecular weight is 649 g/mol. The number of nitrogens with one attached hydrogen (secondary N) is 1. The summed E-state index contributed by atoms with van der Waals surface area (Å²) in [6.07, 6.45) is 4.43. The highest BCUT2D eigenvalue weighted by molar-refractivity contribution is 6.74. The Balaban J connectivity index is 1.69. The number of hydrogen-bond acceptors (Lipinski definition) is 7. The summed E-state index contributed by atoms with van der Waals surface area (Å²) in [7, 11) is 1.77. The molecule has 2 amide bonds. The van der Waals surface area contributed by atoms with Gasteiger partial charge in [0.2, 0.25) is 5.91 Å². The van der Waals surface area contributed by atoms with Gasteiger partial charge in [-0.15, -0.1) is 0 Å². The summed E-state index contributed by atoms with van der Waals surface area (Å²) in [4.78, 5) is 44.0. The lowest BCUT2D eigenvalue weighted by atomic mass is 9.44. The fraction of sp³-hybridized carbons (Fsp3) is 0.917. The van der Waals surface area contributed by atoms with Crippen molar-refractivity contribution in [2.45, 2.75) is 131 Å². The minimum absolute atomic E-state index is 0.00584. The van der Waals surface area contributed by atoms with Crippen molar-refractivity contribution in [3.8, 4) is 0 Å². The quantitative estimate of drug-likeness (QED) is 0.295. The summed E-state index contributed by atoms with van der Waals surface area (Å²) in [5.74, 6) is 0.102. The van der Waals surface area contributed by atoms with Crippen LogP contribution >= 0.6 is 0 Å². The molecule has 258 valence electrons. The number of amides is 2. The molecule has 1 saturated heterocycles. The fourth-order valence-corrected chi connectivity index (χ4v) is 10.6. The Hall–Kier alpha value is -1.29. The monoisotopic (exact) mass is 648 g/mol. The molecule has 1 heterocycles. The molecule has 3 aliphatic carbocycles. The van der Waals surface area contributed by atoms with Gasteiger partial charge in [-0.25, -0.2) is 4.79 Å². The van der Waals surface area contributed by atoms with Crippen molar-refractivity contribution >= 4 is 26.1 Å². The van der Waals surface area contributed by atoms with E-state index >= 15 is 0 Å². The minimum atomic E-state index is -2.02. The molecule has 0 aromatic rings. The molecule has 4 fully saturated rings. The molecule has 0 radical (unpaired) electrons. The van der Waals surface area contributed by atoms with Gasteiger partial charge in [-0.1, -0.05) is 55.4 Å². The molecule has 0 aromatic heterocycles. The Bertz CT molecular complexity index is 1120. The van der Waals surface area contributed by atoms with Crippen LogP contribution in [0.25, 0.3) is 0 Å². The smallest absolute Gasteiger partial charge is 0.414 e. The predicted molar refractivity (Wildman–Crippen MR) is 180 cm³/mol. The Morgan fingerprint density at radius 3 is 2.33 bits per heavy atom. The molecule has 1 N–H and O–H groups in total. The van der Waals surface area contributed by atoms with Crippen LogP contribution in [0.3, 0.4) is 0 Å². The van der Waals surface area contributed by atoms with Crippen LogP contribution in [0.2, 0.25) is 18.1 Å². The van der Waals surface area contributed by atoms with Gasteiger partial charge < -0.3 is 18.8 Å². The van der Waals surface area contributed by atoms with E-state index in [1.807, 2.05) is 7.05 Å². The zero-order chi connectivity index (χ0) is 33.8. The Labute approximate surface area is 274 Å². The first-order valence-electron chi connectivity index (χ1n) is 17.6. The molecule has 0 aromatic carbocycles. The van der Waals surface area contributed by atoms with Crippen LogP contribution in [-0.2, 0) is 23.5 Å². The molecule has 4 rings (SSSR count). The molecule has 2 unspecified atom stereocenters. The number of ether oxygens (including phenoxy) is 2. The third-order valence-electron chi connectivity index (χ3n) is 14.0. The van der Waals surface area contributed by atoms with E-state index in [2.05, 4.69) is 78.7 Å². The standard InChI is InChI=1S/C36H64N2O6Si/c1-23-15-19-38(9)22-26(23)31(40)37-32(41)44-28-21-34(7,18-20-43-45(11,12)33(4,5)6)30(39)25(3)36-16-13-24(2)35(28,8)29(36)27(42-10)14-17-36/h23-29H,13-22H2,1-12H3,(H,37,40,41)/t23-,24+,25-,26-,27+,28+,29?,34+,35-,36?/m0/s1. The van der Waals surface area contributed by atoms with Crippen molar-refractivity contribution in [1.29, 1.82) is 0 Å². The largest absolute Gasteiger partial charge is 0.445 e. The lowest BCUT2D eigenvalue weighted by Crippen LogP contribution is -2.63. The van der Waals surface area contributed by atoms with Crippen LogP contribution in [0.15, 0.2) is 0 Å². The summed E-state index contributed by atoms with van der Waals surface area (Å²) in [5.41, 5.74) is -1.37. The van der Waals surface area contributed by atoms with Gasteiger partial charge in [0.25, 0.3) is 0 Å². The van der Waals surface area contributed by atoms with Crippen LogP contribution < -0.4 is 5.32 Å². The molecule has 2 bridgehead atoms. The van der Waals surface area contributed by atoms with Crippen molar-refractivity contribution in [1.82, 2.24) is 10.2 Å². The number of likely N-dealkylation sites (tertiary alicyclic amines) is 1. The number of rotatable bonds is 7. The number of hydrogen-bond donors (Lipinski definition) is 1. The molecule has 9 heteroatoms. The molecule has 45 heavy (non-hydrogen) atoms. The summed E-state index contributed by atoms with van der Waals surface area (Å²) < 4.78 is 19.3. The van der Waals surface area contributed by atoms with Crippen LogP contribution in [0, 0.1) is 45.8 Å². The van der Waals surface area contributed by atoms with Gasteiger partial charge >= 0.3 is 6.09 Å². The normalized spacial score (nSPS) is 41.2. The van der Waals surface area contributed by atoms with Gasteiger partial charge in [0.15, 0.2) is 8.32 Å². The van der Waals surface area contributed by atoms with Crippen LogP contribution in [0.5, 0.6) is 0 Å². The number of carbonyl (C=O) groups is 3. The third-order valence-corrected chi connectivity index (χ3v) is 18.6. The minimum Gasteiger partial charge on any atom is -0.445 e. The van der Waals surface area contributed by atoms with Gasteiger partial charge in [0, 0.05) is 42.9 Å². The molecular formula is C36H64N2O6Si. The third kappa shape index (κ3) is 6.58. The Morgan fingerprint density at radius 2 is 1.71 bits per heavy atom. The number of alkyl carbamates (subject to hydrolysis) is 1. The summed E-state index contributed by atoms with van der Waals surface area (Å²) in [6, 6.07) is 0. The predicted octanol–water partition coefficient (Wildman–Crippen LogP) is 7.07. The lowest BCUT2D eigenvalue weighted by Gasteiger charge is -2.61. The van der Waals surface area contributed by atoms with Crippen molar-refractivity contribution in [3.05, 3.63) is 0 Å². The first-order chi connectivity index (χ1) is 20.7. The second kappa shape index (κ2) is 13.0. The van der Waals surface area contributed by atoms with Crippen molar-refractivity contribution in [2.75, 3.05) is 33.9 Å². The topological polar surface area (TPSA) is 94.2 Å². The number of piperidine rings is 1. The highest BCUT2D eigenvalue weighted by Crippen LogP contribution is 2.69. The molecule has 8 nitrogen and oxygen atoms in total. The SMILES string of the molecule is CO[C@@H]1CCC23CC[C@@H](C)[C@](C)(C12)[C@H](OC(=O)NC(=O)[C@H]1CN(C)CC[C@@H]1C)C[C@@](C)(CCO[Si](C)(C)C(C)(C)C)C(=O)[C@@H]3C. The number of Topliss-reactive ketones (excluding diaryl/α,β-unsaturated/α-hetero) is 1. The van der Waals surface area contributed by atoms with Gasteiger partial charge in [-0.05, 0) is 93.9 Å². The van der Waals surface area contributed by atoms with Crippen molar-refractivity contribution in [3.63, 3.8) is 0 Å². The number of carbonyl (C=O) groups excluding carboxylic acids is 3. The first kappa shape index (κ1) is 36.5. The van der Waals surface area contributed by atoms with Crippen molar-refractivity contribution < 1.29 is 28.3 Å². The maximum atomic E-state index is 14.8. The highest BCUT2D eigenvalue weighted by atomic mass is 28.4. The summed E-state index contributed by atoms with van der Waals surface area (Å²) in [5, 5.41) is 2.71. The van der Waals surface area contributed by atoms with Gasteiger partial charge in [-0.3, -0.25) is 14.9 Å². The van der Waals surface area contributed by atoms with E-state index < -0.39 is 31.3 Å². The number of ketones is 1. The van der Waals surface area contributed by atoms with E-state index in [9.17, 15) is 14.4 Å². The lowest BCUT2D eigenvalue weighted by molar-refractivity contribution is -0.192. The van der Waals surface area contributed by atoms with E-state index in [-0.39, 0.29) is 57.8 Å². The number of nitrogens with zero attached hydrogens (tertiary/aromatic N) is 1. The van der Waals surface area contributed by atoms with Crippen LogP contribution in [0.1, 0.15) is 100 Å². The molecule has 1 aliphatic heterocycles. The highest BCUT2D eigenvalue weighted by Gasteiger charge is 2.68. The maximum Gasteiger partial charge on any atom is 0.414 e. The second-order valence-corrected chi connectivity index (χ2v) is 22.4. The van der Waals surface area contributed by atoms with E-state index in [4.69, 9.17) is 13.9 Å². The second-order valence-electron chi connectivity index (χ2n) is 17.6. The van der Waals surface area contributed by atoms with E-state index in [1.165, 1.54) is 0 Å². The number of imide groups is 1. The van der Waals surface area contributed by atoms with Crippen molar-refractivity contribution in [2.24, 2.45) is 45.8 Å². The zero-order valence-electron chi connectivity index (χ0n) is 30.5. The molecule has 3 saturated carbocycles. The molecular weight excluding hydrogens is 584 g/mol. The van der Waals surface area contributed by atoms with Crippen LogP contribution in [-0.4, -0.2) is 77.1 Å². The summed E-state index contributed by atoms with van der Waals surface area (Å²) >= 11 is 0.